The molecule has 0 aliphatic carbocycles. The number of morpholine rings is 1. The average Bonchev–Trinajstić information content (AvgIpc) is 2.33. The van der Waals surface area contributed by atoms with Crippen molar-refractivity contribution in [3.05, 3.63) is 17.8 Å². The molecule has 1 fully saturated rings. The van der Waals surface area contributed by atoms with Gasteiger partial charge in [0.05, 0.1) is 31.6 Å². The summed E-state index contributed by atoms with van der Waals surface area (Å²) in [5.74, 6) is -0.183. The molecule has 0 aromatic carbocycles. The molecule has 1 aromatic rings. The molecule has 5 nitrogen and oxygen atoms in total. The Morgan fingerprint density at radius 2 is 2.44 bits per heavy atom. The molecule has 1 aliphatic heterocycles. The molecule has 16 heavy (non-hydrogen) atoms. The van der Waals surface area contributed by atoms with E-state index >= 15 is 0 Å². The number of hydrogen-bond donors (Lipinski definition) is 1. The second kappa shape index (κ2) is 4.71. The molecule has 2 heterocycles. The van der Waals surface area contributed by atoms with Crippen LogP contribution < -0.4 is 4.90 Å². The molecule has 0 saturated carbocycles. The van der Waals surface area contributed by atoms with Crippen LogP contribution in [0, 0.1) is 12.7 Å². The Morgan fingerprint density at radius 3 is 3.19 bits per heavy atom. The Kier molecular flexibility index (Phi) is 3.31. The molecule has 1 N–H and O–H groups in total. The molecule has 6 heteroatoms. The first kappa shape index (κ1) is 11.2. The third-order valence-electron chi connectivity index (χ3n) is 2.66. The maximum absolute atomic E-state index is 13.8. The van der Waals surface area contributed by atoms with E-state index in [1.54, 1.807) is 11.8 Å². The summed E-state index contributed by atoms with van der Waals surface area (Å²) in [7, 11) is 0. The highest BCUT2D eigenvalue weighted by Gasteiger charge is 2.26. The van der Waals surface area contributed by atoms with Crippen molar-refractivity contribution in [1.82, 2.24) is 9.97 Å². The second-order valence-corrected chi connectivity index (χ2v) is 3.70. The van der Waals surface area contributed by atoms with Gasteiger partial charge >= 0.3 is 0 Å². The summed E-state index contributed by atoms with van der Waals surface area (Å²) < 4.78 is 19.0. The minimum Gasteiger partial charge on any atom is -0.394 e. The Hall–Kier alpha value is -1.27. The van der Waals surface area contributed by atoms with Gasteiger partial charge in [-0.2, -0.15) is 0 Å². The summed E-state index contributed by atoms with van der Waals surface area (Å²) in [6.45, 7) is 2.94. The van der Waals surface area contributed by atoms with Crippen LogP contribution in [0.15, 0.2) is 6.33 Å². The normalized spacial score (nSPS) is 21.2. The van der Waals surface area contributed by atoms with Crippen molar-refractivity contribution in [2.24, 2.45) is 0 Å². The molecule has 0 spiro atoms. The van der Waals surface area contributed by atoms with Crippen molar-refractivity contribution in [3.63, 3.8) is 0 Å². The van der Waals surface area contributed by atoms with Crippen LogP contribution in [0.1, 0.15) is 5.69 Å². The van der Waals surface area contributed by atoms with Gasteiger partial charge in [0.15, 0.2) is 11.6 Å². The lowest BCUT2D eigenvalue weighted by molar-refractivity contribution is 0.0718. The van der Waals surface area contributed by atoms with E-state index < -0.39 is 5.82 Å². The number of anilines is 1. The highest BCUT2D eigenvalue weighted by molar-refractivity contribution is 5.42. The average molecular weight is 227 g/mol. The lowest BCUT2D eigenvalue weighted by Gasteiger charge is -2.35. The van der Waals surface area contributed by atoms with Crippen LogP contribution in [-0.2, 0) is 4.74 Å². The summed E-state index contributed by atoms with van der Waals surface area (Å²) in [5.41, 5.74) is 0.313. The van der Waals surface area contributed by atoms with Crippen LogP contribution in [0.2, 0.25) is 0 Å². The molecular weight excluding hydrogens is 213 g/mol. The highest BCUT2D eigenvalue weighted by Crippen LogP contribution is 2.21. The van der Waals surface area contributed by atoms with E-state index in [1.165, 1.54) is 6.33 Å². The molecule has 0 amide bonds. The fourth-order valence-corrected chi connectivity index (χ4v) is 1.73. The number of nitrogens with zero attached hydrogens (tertiary/aromatic N) is 3. The van der Waals surface area contributed by atoms with Gasteiger partial charge in [-0.05, 0) is 6.92 Å². The topological polar surface area (TPSA) is 58.5 Å². The van der Waals surface area contributed by atoms with Gasteiger partial charge < -0.3 is 14.7 Å². The van der Waals surface area contributed by atoms with Crippen molar-refractivity contribution in [3.8, 4) is 0 Å². The van der Waals surface area contributed by atoms with E-state index in [9.17, 15) is 9.50 Å². The predicted molar refractivity (Wildman–Crippen MR) is 55.8 cm³/mol. The molecule has 0 bridgehead atoms. The van der Waals surface area contributed by atoms with Gasteiger partial charge in [-0.25, -0.2) is 14.4 Å². The van der Waals surface area contributed by atoms with Crippen LogP contribution >= 0.6 is 0 Å². The summed E-state index contributed by atoms with van der Waals surface area (Å²) in [5, 5.41) is 9.20. The van der Waals surface area contributed by atoms with Crippen molar-refractivity contribution < 1.29 is 14.2 Å². The molecule has 1 aromatic heterocycles. The van der Waals surface area contributed by atoms with Crippen molar-refractivity contribution in [2.45, 2.75) is 13.0 Å². The monoisotopic (exact) mass is 227 g/mol. The maximum atomic E-state index is 13.8. The largest absolute Gasteiger partial charge is 0.394 e. The van der Waals surface area contributed by atoms with Crippen molar-refractivity contribution in [1.29, 1.82) is 0 Å². The smallest absolute Gasteiger partial charge is 0.186 e. The molecule has 1 atom stereocenters. The van der Waals surface area contributed by atoms with Crippen LogP contribution in [0.25, 0.3) is 0 Å². The number of ether oxygens (including phenoxy) is 1. The van der Waals surface area contributed by atoms with Gasteiger partial charge in [-0.1, -0.05) is 0 Å². The first-order valence-corrected chi connectivity index (χ1v) is 5.16. The van der Waals surface area contributed by atoms with Gasteiger partial charge in [-0.15, -0.1) is 0 Å². The summed E-state index contributed by atoms with van der Waals surface area (Å²) in [6.07, 6.45) is 1.33. The van der Waals surface area contributed by atoms with Crippen LogP contribution in [0.4, 0.5) is 10.2 Å². The van der Waals surface area contributed by atoms with Crippen LogP contribution in [-0.4, -0.2) is 47.5 Å². The third kappa shape index (κ3) is 1.98. The SMILES string of the molecule is Cc1ncnc(N2CCOCC2CO)c1F. The molecule has 1 aliphatic rings. The predicted octanol–water partition coefficient (Wildman–Crippen LogP) is 0.122. The Bertz CT molecular complexity index is 375. The number of hydrogen-bond acceptors (Lipinski definition) is 5. The zero-order valence-electron chi connectivity index (χ0n) is 9.06. The first-order valence-electron chi connectivity index (χ1n) is 5.16. The zero-order valence-corrected chi connectivity index (χ0v) is 9.06. The molecule has 1 unspecified atom stereocenters. The van der Waals surface area contributed by atoms with Gasteiger partial charge in [0.25, 0.3) is 0 Å². The number of aryl methyl sites for hydroxylation is 1. The minimum atomic E-state index is -0.428. The van der Waals surface area contributed by atoms with Gasteiger partial charge in [0.1, 0.15) is 6.33 Å². The van der Waals surface area contributed by atoms with Crippen LogP contribution in [0.3, 0.4) is 0 Å². The summed E-state index contributed by atoms with van der Waals surface area (Å²) >= 11 is 0. The number of aromatic nitrogens is 2. The van der Waals surface area contributed by atoms with E-state index in [-0.39, 0.29) is 18.5 Å². The number of aliphatic hydroxyl groups excluding tert-OH is 1. The first-order chi connectivity index (χ1) is 7.74. The summed E-state index contributed by atoms with van der Waals surface area (Å²) in [4.78, 5) is 9.44. The summed E-state index contributed by atoms with van der Waals surface area (Å²) in [6, 6.07) is -0.238. The van der Waals surface area contributed by atoms with E-state index in [2.05, 4.69) is 9.97 Å². The molecule has 0 radical (unpaired) electrons. The van der Waals surface area contributed by atoms with E-state index in [0.29, 0.717) is 25.5 Å². The van der Waals surface area contributed by atoms with E-state index in [0.717, 1.165) is 0 Å². The minimum absolute atomic E-state index is 0.0809. The van der Waals surface area contributed by atoms with E-state index in [1.807, 2.05) is 0 Å². The molecule has 1 saturated heterocycles. The van der Waals surface area contributed by atoms with Gasteiger partial charge in [0, 0.05) is 6.54 Å². The molecule has 88 valence electrons. The number of rotatable bonds is 2. The van der Waals surface area contributed by atoms with Crippen molar-refractivity contribution >= 4 is 5.82 Å². The van der Waals surface area contributed by atoms with E-state index in [4.69, 9.17) is 4.74 Å². The third-order valence-corrected chi connectivity index (χ3v) is 2.66. The van der Waals surface area contributed by atoms with Crippen molar-refractivity contribution in [2.75, 3.05) is 31.3 Å². The fraction of sp³-hybridized carbons (Fsp3) is 0.600. The van der Waals surface area contributed by atoms with Gasteiger partial charge in [0.2, 0.25) is 0 Å². The maximum Gasteiger partial charge on any atom is 0.186 e. The zero-order chi connectivity index (χ0) is 11.5. The van der Waals surface area contributed by atoms with Crippen LogP contribution in [0.5, 0.6) is 0 Å². The molecule has 2 rings (SSSR count). The lowest BCUT2D eigenvalue weighted by Crippen LogP contribution is -2.48. The number of halogens is 1. The Balaban J connectivity index is 2.30. The Labute approximate surface area is 92.9 Å². The molecular formula is C10H14FN3O2. The Morgan fingerprint density at radius 1 is 1.62 bits per heavy atom. The highest BCUT2D eigenvalue weighted by atomic mass is 19.1. The number of aliphatic hydroxyl groups is 1. The lowest BCUT2D eigenvalue weighted by atomic mass is 10.2. The standard InChI is InChI=1S/C10H14FN3O2/c1-7-9(11)10(13-6-12-7)14-2-3-16-5-8(14)4-15/h6,8,15H,2-5H2,1H3. The van der Waals surface area contributed by atoms with Gasteiger partial charge in [-0.3, -0.25) is 0 Å². The second-order valence-electron chi connectivity index (χ2n) is 3.70. The fourth-order valence-electron chi connectivity index (χ4n) is 1.73. The quantitative estimate of drug-likeness (QED) is 0.777.